The topological polar surface area (TPSA) is 71.8 Å². The molecule has 2 heterocycles. The molecule has 0 radical (unpaired) electrons. The molecule has 26 heavy (non-hydrogen) atoms. The summed E-state index contributed by atoms with van der Waals surface area (Å²) in [6.45, 7) is 0. The lowest BCUT2D eigenvalue weighted by Crippen LogP contribution is -2.01. The van der Waals surface area contributed by atoms with Gasteiger partial charge in [0.15, 0.2) is 5.82 Å². The van der Waals surface area contributed by atoms with Crippen LogP contribution >= 0.6 is 12.2 Å². The molecule has 0 bridgehead atoms. The molecular weight excluding hydrogens is 351 g/mol. The minimum atomic E-state index is -0.277. The predicted molar refractivity (Wildman–Crippen MR) is 99.1 cm³/mol. The monoisotopic (exact) mass is 364 g/mol. The Morgan fingerprint density at radius 2 is 1.88 bits per heavy atom. The molecule has 0 unspecified atom stereocenters. The van der Waals surface area contributed by atoms with E-state index in [4.69, 9.17) is 12.2 Å². The quantitative estimate of drug-likeness (QED) is 0.444. The fourth-order valence-electron chi connectivity index (χ4n) is 2.49. The average Bonchev–Trinajstić information content (AvgIpc) is 3.01. The number of hydrogen-bond acceptors (Lipinski definition) is 5. The van der Waals surface area contributed by atoms with Gasteiger partial charge in [-0.15, -0.1) is 0 Å². The highest BCUT2D eigenvalue weighted by molar-refractivity contribution is 7.71. The van der Waals surface area contributed by atoms with Crippen LogP contribution in [0.5, 0.6) is 0 Å². The van der Waals surface area contributed by atoms with Gasteiger partial charge in [0.25, 0.3) is 0 Å². The van der Waals surface area contributed by atoms with E-state index in [0.29, 0.717) is 22.7 Å². The predicted octanol–water partition coefficient (Wildman–Crippen LogP) is 3.50. The number of benzene rings is 2. The minimum absolute atomic E-state index is 0.277. The zero-order chi connectivity index (χ0) is 17.9. The van der Waals surface area contributed by atoms with Crippen molar-refractivity contribution in [1.29, 1.82) is 0 Å². The van der Waals surface area contributed by atoms with Crippen LogP contribution in [0.1, 0.15) is 17.1 Å². The number of fused-ring (bicyclic) bond motifs is 1. The number of aromatic nitrogens is 5. The first-order valence-electron chi connectivity index (χ1n) is 7.86. The summed E-state index contributed by atoms with van der Waals surface area (Å²) in [4.78, 5) is 8.85. The molecule has 1 N–H and O–H groups in total. The van der Waals surface area contributed by atoms with Crippen molar-refractivity contribution >= 4 is 29.5 Å². The molecular formula is C18H13FN6S. The summed E-state index contributed by atoms with van der Waals surface area (Å²) in [7, 11) is 0. The lowest BCUT2D eigenvalue weighted by atomic mass is 10.1. The van der Waals surface area contributed by atoms with Gasteiger partial charge in [-0.05, 0) is 42.0 Å². The lowest BCUT2D eigenvalue weighted by Gasteiger charge is -2.02. The SMILES string of the molecule is Fc1ccc(Cc2n[nH]c(=S)n2/N=C\c2cnc3ccccc3n2)cc1. The number of rotatable bonds is 4. The van der Waals surface area contributed by atoms with Gasteiger partial charge in [0, 0.05) is 6.42 Å². The number of nitrogens with one attached hydrogen (secondary N) is 1. The second-order valence-corrected chi connectivity index (χ2v) is 5.97. The molecule has 0 spiro atoms. The van der Waals surface area contributed by atoms with Crippen LogP contribution in [0.25, 0.3) is 11.0 Å². The summed E-state index contributed by atoms with van der Waals surface area (Å²) in [5.41, 5.74) is 3.13. The van der Waals surface area contributed by atoms with Crippen molar-refractivity contribution in [1.82, 2.24) is 24.8 Å². The summed E-state index contributed by atoms with van der Waals surface area (Å²) >= 11 is 5.24. The highest BCUT2D eigenvalue weighted by Gasteiger charge is 2.07. The summed E-state index contributed by atoms with van der Waals surface area (Å²) in [5.74, 6) is 0.340. The number of halogens is 1. The summed E-state index contributed by atoms with van der Waals surface area (Å²) in [6, 6.07) is 13.8. The smallest absolute Gasteiger partial charge is 0.216 e. The van der Waals surface area contributed by atoms with Gasteiger partial charge in [0.1, 0.15) is 11.5 Å². The van der Waals surface area contributed by atoms with Crippen LogP contribution in [0.4, 0.5) is 4.39 Å². The Balaban J connectivity index is 1.62. The van der Waals surface area contributed by atoms with Crippen molar-refractivity contribution in [3.8, 4) is 0 Å². The van der Waals surface area contributed by atoms with Crippen molar-refractivity contribution in [3.63, 3.8) is 0 Å². The maximum atomic E-state index is 13.0. The minimum Gasteiger partial charge on any atom is -0.252 e. The van der Waals surface area contributed by atoms with Crippen molar-refractivity contribution < 1.29 is 4.39 Å². The van der Waals surface area contributed by atoms with E-state index in [2.05, 4.69) is 25.3 Å². The summed E-state index contributed by atoms with van der Waals surface area (Å²) in [5, 5.41) is 11.3. The van der Waals surface area contributed by atoms with Crippen molar-refractivity contribution in [2.45, 2.75) is 6.42 Å². The van der Waals surface area contributed by atoms with E-state index < -0.39 is 0 Å². The maximum Gasteiger partial charge on any atom is 0.216 e. The zero-order valence-electron chi connectivity index (χ0n) is 13.5. The van der Waals surface area contributed by atoms with Gasteiger partial charge in [0.05, 0.1) is 23.4 Å². The number of hydrogen-bond donors (Lipinski definition) is 1. The second kappa shape index (κ2) is 6.93. The molecule has 0 aliphatic carbocycles. The normalized spacial score (nSPS) is 11.4. The van der Waals surface area contributed by atoms with Crippen molar-refractivity contribution in [3.05, 3.63) is 82.4 Å². The molecule has 0 aliphatic heterocycles. The third kappa shape index (κ3) is 3.40. The maximum absolute atomic E-state index is 13.0. The van der Waals surface area contributed by atoms with E-state index >= 15 is 0 Å². The van der Waals surface area contributed by atoms with Crippen LogP contribution in [-0.4, -0.2) is 31.1 Å². The summed E-state index contributed by atoms with van der Waals surface area (Å²) in [6.07, 6.45) is 3.70. The van der Waals surface area contributed by atoms with E-state index in [1.807, 2.05) is 24.3 Å². The second-order valence-electron chi connectivity index (χ2n) is 5.59. The standard InChI is InChI=1S/C18H13FN6S/c19-13-7-5-12(6-8-13)9-17-23-24-18(26)25(17)21-11-14-10-20-15-3-1-2-4-16(15)22-14/h1-8,10-11H,9H2,(H,24,26)/b21-11-. The van der Waals surface area contributed by atoms with E-state index in [9.17, 15) is 4.39 Å². The van der Waals surface area contributed by atoms with Gasteiger partial charge in [0.2, 0.25) is 4.77 Å². The van der Waals surface area contributed by atoms with Crippen LogP contribution in [0.3, 0.4) is 0 Å². The van der Waals surface area contributed by atoms with Crippen LogP contribution in [0, 0.1) is 10.6 Å². The molecule has 0 fully saturated rings. The Bertz CT molecular complexity index is 1150. The van der Waals surface area contributed by atoms with Gasteiger partial charge >= 0.3 is 0 Å². The molecule has 0 aliphatic rings. The largest absolute Gasteiger partial charge is 0.252 e. The van der Waals surface area contributed by atoms with Gasteiger partial charge in [-0.2, -0.15) is 14.9 Å². The Hall–Kier alpha value is -3.26. The zero-order valence-corrected chi connectivity index (χ0v) is 14.3. The number of para-hydroxylation sites is 2. The Kier molecular flexibility index (Phi) is 4.32. The summed E-state index contributed by atoms with van der Waals surface area (Å²) < 4.78 is 14.9. The molecule has 8 heteroatoms. The number of nitrogens with zero attached hydrogens (tertiary/aromatic N) is 5. The van der Waals surface area contributed by atoms with E-state index in [1.54, 1.807) is 24.5 Å². The molecule has 128 valence electrons. The Morgan fingerprint density at radius 3 is 2.69 bits per heavy atom. The van der Waals surface area contributed by atoms with Gasteiger partial charge in [-0.25, -0.2) is 9.37 Å². The molecule has 0 atom stereocenters. The third-order valence-electron chi connectivity index (χ3n) is 3.77. The van der Waals surface area contributed by atoms with E-state index in [0.717, 1.165) is 16.6 Å². The van der Waals surface area contributed by atoms with Gasteiger partial charge in [-0.1, -0.05) is 24.3 Å². The lowest BCUT2D eigenvalue weighted by molar-refractivity contribution is 0.627. The molecule has 0 saturated heterocycles. The molecule has 6 nitrogen and oxygen atoms in total. The van der Waals surface area contributed by atoms with Crippen LogP contribution in [0.15, 0.2) is 59.8 Å². The fraction of sp³-hybridized carbons (Fsp3) is 0.0556. The fourth-order valence-corrected chi connectivity index (χ4v) is 2.69. The Labute approximate surface area is 153 Å². The highest BCUT2D eigenvalue weighted by Crippen LogP contribution is 2.10. The molecule has 4 aromatic rings. The van der Waals surface area contributed by atoms with E-state index in [1.165, 1.54) is 16.8 Å². The van der Waals surface area contributed by atoms with Crippen molar-refractivity contribution in [2.24, 2.45) is 5.10 Å². The number of aromatic amines is 1. The first-order chi connectivity index (χ1) is 12.7. The van der Waals surface area contributed by atoms with E-state index in [-0.39, 0.29) is 5.82 Å². The van der Waals surface area contributed by atoms with Gasteiger partial charge in [-0.3, -0.25) is 10.1 Å². The highest BCUT2D eigenvalue weighted by atomic mass is 32.1. The molecule has 0 saturated carbocycles. The van der Waals surface area contributed by atoms with Gasteiger partial charge < -0.3 is 0 Å². The van der Waals surface area contributed by atoms with Crippen LogP contribution in [-0.2, 0) is 6.42 Å². The first-order valence-corrected chi connectivity index (χ1v) is 8.27. The third-order valence-corrected chi connectivity index (χ3v) is 4.03. The first kappa shape index (κ1) is 16.2. The average molecular weight is 364 g/mol. The van der Waals surface area contributed by atoms with Crippen molar-refractivity contribution in [2.75, 3.05) is 0 Å². The Morgan fingerprint density at radius 1 is 1.12 bits per heavy atom. The molecule has 0 amide bonds. The molecule has 2 aromatic carbocycles. The number of H-pyrrole nitrogens is 1. The molecule has 4 rings (SSSR count). The molecule has 2 aromatic heterocycles. The van der Waals surface area contributed by atoms with Crippen LogP contribution in [0.2, 0.25) is 0 Å². The van der Waals surface area contributed by atoms with Crippen LogP contribution < -0.4 is 0 Å².